The molecular weight excluding hydrogens is 326 g/mol. The van der Waals surface area contributed by atoms with E-state index in [0.29, 0.717) is 22.7 Å². The molecule has 3 rings (SSSR count). The summed E-state index contributed by atoms with van der Waals surface area (Å²) in [5.74, 6) is -1.87. The Labute approximate surface area is 143 Å². The van der Waals surface area contributed by atoms with E-state index in [2.05, 4.69) is 0 Å². The number of para-hydroxylation sites is 1. The van der Waals surface area contributed by atoms with Crippen LogP contribution < -0.4 is 4.90 Å². The van der Waals surface area contributed by atoms with E-state index in [4.69, 9.17) is 4.74 Å². The molecule has 0 saturated carbocycles. The van der Waals surface area contributed by atoms with Gasteiger partial charge < -0.3 is 9.64 Å². The zero-order chi connectivity index (χ0) is 17.3. The van der Waals surface area contributed by atoms with Crippen LogP contribution in [-0.4, -0.2) is 30.8 Å². The van der Waals surface area contributed by atoms with Crippen molar-refractivity contribution in [3.63, 3.8) is 0 Å². The van der Waals surface area contributed by atoms with Gasteiger partial charge in [0.25, 0.3) is 5.91 Å². The quantitative estimate of drug-likeness (QED) is 0.476. The van der Waals surface area contributed by atoms with Crippen molar-refractivity contribution in [3.8, 4) is 0 Å². The molecule has 1 aliphatic heterocycles. The number of ketones is 1. The smallest absolute Gasteiger partial charge is 0.334 e. The maximum absolute atomic E-state index is 13.2. The summed E-state index contributed by atoms with van der Waals surface area (Å²) in [6, 6.07) is 10.3. The van der Waals surface area contributed by atoms with Gasteiger partial charge in [0.2, 0.25) is 11.2 Å². The number of Topliss-reactive ketones (excluding diaryl/α,β-unsaturated/α-hetero) is 1. The largest absolute Gasteiger partial charge is 0.465 e. The fourth-order valence-electron chi connectivity index (χ4n) is 3.11. The number of fused-ring (bicyclic) bond motifs is 1. The third-order valence-electron chi connectivity index (χ3n) is 4.15. The van der Waals surface area contributed by atoms with Crippen molar-refractivity contribution in [3.05, 3.63) is 52.2 Å². The second-order valence-corrected chi connectivity index (χ2v) is 6.29. The van der Waals surface area contributed by atoms with Gasteiger partial charge in [-0.05, 0) is 31.4 Å². The molecule has 2 aromatic rings. The first-order chi connectivity index (χ1) is 11.6. The monoisotopic (exact) mass is 343 g/mol. The summed E-state index contributed by atoms with van der Waals surface area (Å²) in [6.45, 7) is 3.93. The molecule has 0 bridgehead atoms. The van der Waals surface area contributed by atoms with Gasteiger partial charge in [-0.1, -0.05) is 24.3 Å². The molecule has 0 radical (unpaired) electrons. The number of benzene rings is 1. The van der Waals surface area contributed by atoms with E-state index >= 15 is 0 Å². The molecule has 1 aromatic carbocycles. The van der Waals surface area contributed by atoms with Crippen LogP contribution in [0.1, 0.15) is 29.1 Å². The van der Waals surface area contributed by atoms with Gasteiger partial charge >= 0.3 is 5.97 Å². The van der Waals surface area contributed by atoms with Gasteiger partial charge in [-0.2, -0.15) is 0 Å². The zero-order valence-electron chi connectivity index (χ0n) is 13.4. The fourth-order valence-corrected chi connectivity index (χ4v) is 3.83. The molecule has 1 atom stereocenters. The Balaban J connectivity index is 2.28. The van der Waals surface area contributed by atoms with Gasteiger partial charge in [0, 0.05) is 17.8 Å². The molecule has 0 saturated heterocycles. The van der Waals surface area contributed by atoms with E-state index in [1.807, 2.05) is 6.92 Å². The van der Waals surface area contributed by atoms with Gasteiger partial charge in [0.05, 0.1) is 11.5 Å². The van der Waals surface area contributed by atoms with Crippen LogP contribution in [0.2, 0.25) is 0 Å². The number of carbonyl (C=O) groups is 3. The minimum absolute atomic E-state index is 0.0971. The summed E-state index contributed by atoms with van der Waals surface area (Å²) < 4.78 is 5.17. The summed E-state index contributed by atoms with van der Waals surface area (Å²) in [5, 5.41) is 1.75. The lowest BCUT2D eigenvalue weighted by molar-refractivity contribution is -0.151. The highest BCUT2D eigenvalue weighted by Crippen LogP contribution is 2.45. The minimum atomic E-state index is -1.95. The number of esters is 1. The molecule has 5 nitrogen and oxygen atoms in total. The number of carbonyl (C=O) groups excluding carboxylic acids is 3. The van der Waals surface area contributed by atoms with Crippen LogP contribution in [0.4, 0.5) is 5.69 Å². The first kappa shape index (κ1) is 16.4. The second kappa shape index (κ2) is 6.20. The van der Waals surface area contributed by atoms with Crippen LogP contribution in [0.3, 0.4) is 0 Å². The molecule has 6 heteroatoms. The Bertz CT molecular complexity index is 799. The molecule has 2 heterocycles. The van der Waals surface area contributed by atoms with E-state index in [0.717, 1.165) is 0 Å². The molecular formula is C18H17NO4S. The summed E-state index contributed by atoms with van der Waals surface area (Å²) in [7, 11) is 0. The molecule has 0 N–H and O–H groups in total. The van der Waals surface area contributed by atoms with Crippen LogP contribution in [0, 0.1) is 0 Å². The van der Waals surface area contributed by atoms with Gasteiger partial charge in [0.1, 0.15) is 0 Å². The highest BCUT2D eigenvalue weighted by atomic mass is 32.1. The average Bonchev–Trinajstić information content (AvgIpc) is 3.19. The average molecular weight is 343 g/mol. The predicted octanol–water partition coefficient (Wildman–Crippen LogP) is 2.80. The second-order valence-electron chi connectivity index (χ2n) is 5.34. The predicted molar refractivity (Wildman–Crippen MR) is 91.4 cm³/mol. The van der Waals surface area contributed by atoms with Crippen molar-refractivity contribution in [2.75, 3.05) is 18.1 Å². The molecule has 1 aromatic heterocycles. The lowest BCUT2D eigenvalue weighted by Gasteiger charge is -2.24. The molecule has 1 aliphatic rings. The normalized spacial score (nSPS) is 19.2. The highest BCUT2D eigenvalue weighted by molar-refractivity contribution is 7.12. The molecule has 124 valence electrons. The van der Waals surface area contributed by atoms with E-state index in [9.17, 15) is 14.4 Å². The molecule has 24 heavy (non-hydrogen) atoms. The fraction of sp³-hybridized carbons (Fsp3) is 0.278. The standard InChI is InChI=1S/C18H17NO4S/c1-3-19-13-9-6-5-8-12(13)18(16(19)21,17(22)23-4-2)15(20)14-10-7-11-24-14/h5-11H,3-4H2,1-2H3/t18-/m0/s1. The Morgan fingerprint density at radius 3 is 2.54 bits per heavy atom. The number of ether oxygens (including phenoxy) is 1. The third kappa shape index (κ3) is 2.10. The number of hydrogen-bond donors (Lipinski definition) is 0. The number of rotatable bonds is 5. The summed E-state index contributed by atoms with van der Waals surface area (Å²) >= 11 is 1.21. The van der Waals surface area contributed by atoms with Gasteiger partial charge in [-0.15, -0.1) is 11.3 Å². The maximum Gasteiger partial charge on any atom is 0.334 e. The van der Waals surface area contributed by atoms with Crippen LogP contribution in [0.25, 0.3) is 0 Å². The maximum atomic E-state index is 13.2. The van der Waals surface area contributed by atoms with Gasteiger partial charge in [-0.25, -0.2) is 0 Å². The number of nitrogens with zero attached hydrogens (tertiary/aromatic N) is 1. The van der Waals surface area contributed by atoms with Crippen LogP contribution in [0.15, 0.2) is 41.8 Å². The molecule has 0 aliphatic carbocycles. The first-order valence-corrected chi connectivity index (χ1v) is 8.63. The Hall–Kier alpha value is -2.47. The Morgan fingerprint density at radius 1 is 1.17 bits per heavy atom. The molecule has 0 unspecified atom stereocenters. The van der Waals surface area contributed by atoms with E-state index in [1.165, 1.54) is 16.2 Å². The summed E-state index contributed by atoms with van der Waals surface area (Å²) in [4.78, 5) is 41.1. The Kier molecular flexibility index (Phi) is 4.24. The summed E-state index contributed by atoms with van der Waals surface area (Å²) in [5.41, 5.74) is -0.968. The van der Waals surface area contributed by atoms with Crippen molar-refractivity contribution in [2.24, 2.45) is 0 Å². The molecule has 0 fully saturated rings. The van der Waals surface area contributed by atoms with Crippen molar-refractivity contribution < 1.29 is 19.1 Å². The lowest BCUT2D eigenvalue weighted by atomic mass is 9.77. The first-order valence-electron chi connectivity index (χ1n) is 7.76. The van der Waals surface area contributed by atoms with Crippen LogP contribution >= 0.6 is 11.3 Å². The van der Waals surface area contributed by atoms with E-state index < -0.39 is 23.1 Å². The van der Waals surface area contributed by atoms with Crippen LogP contribution in [0.5, 0.6) is 0 Å². The number of amides is 1. The van der Waals surface area contributed by atoms with Crippen molar-refractivity contribution in [2.45, 2.75) is 19.3 Å². The highest BCUT2D eigenvalue weighted by Gasteiger charge is 2.62. The summed E-state index contributed by atoms with van der Waals surface area (Å²) in [6.07, 6.45) is 0. The number of thiophene rings is 1. The third-order valence-corrected chi connectivity index (χ3v) is 5.02. The number of anilines is 1. The SMILES string of the molecule is CCOC(=O)[C@@]1(C(=O)c2cccs2)C(=O)N(CC)c2ccccc21. The van der Waals surface area contributed by atoms with Gasteiger partial charge in [0.15, 0.2) is 0 Å². The molecule has 0 spiro atoms. The van der Waals surface area contributed by atoms with Crippen molar-refractivity contribution >= 4 is 34.7 Å². The zero-order valence-corrected chi connectivity index (χ0v) is 14.3. The minimum Gasteiger partial charge on any atom is -0.465 e. The van der Waals surface area contributed by atoms with Crippen molar-refractivity contribution in [1.29, 1.82) is 0 Å². The van der Waals surface area contributed by atoms with Crippen LogP contribution in [-0.2, 0) is 19.7 Å². The number of likely N-dealkylation sites (N-methyl/N-ethyl adjacent to an activating group) is 1. The van der Waals surface area contributed by atoms with Gasteiger partial charge in [-0.3, -0.25) is 14.4 Å². The topological polar surface area (TPSA) is 63.7 Å². The number of hydrogen-bond acceptors (Lipinski definition) is 5. The Morgan fingerprint density at radius 2 is 1.92 bits per heavy atom. The molecule has 1 amide bonds. The lowest BCUT2D eigenvalue weighted by Crippen LogP contribution is -2.52. The van der Waals surface area contributed by atoms with E-state index in [-0.39, 0.29) is 6.61 Å². The van der Waals surface area contributed by atoms with Crippen molar-refractivity contribution in [1.82, 2.24) is 0 Å². The van der Waals surface area contributed by atoms with E-state index in [1.54, 1.807) is 48.7 Å².